The van der Waals surface area contributed by atoms with E-state index in [0.717, 1.165) is 42.6 Å². The lowest BCUT2D eigenvalue weighted by atomic mass is 9.78. The van der Waals surface area contributed by atoms with E-state index < -0.39 is 0 Å². The second kappa shape index (κ2) is 8.62. The van der Waals surface area contributed by atoms with Gasteiger partial charge in [-0.3, -0.25) is 4.90 Å². The van der Waals surface area contributed by atoms with Crippen LogP contribution in [0, 0.1) is 0 Å². The first-order valence-corrected chi connectivity index (χ1v) is 10.8. The van der Waals surface area contributed by atoms with Gasteiger partial charge >= 0.3 is 0 Å². The molecule has 0 saturated heterocycles. The molecule has 0 fully saturated rings. The van der Waals surface area contributed by atoms with E-state index in [0.29, 0.717) is 6.61 Å². The van der Waals surface area contributed by atoms with Crippen LogP contribution in [0.5, 0.6) is 11.5 Å². The standard InChI is InChI=1S/C25H30ClNO3/c1-25(2)16-30-23(21-13-20(28-3)14-22(29-4)24(21)25)15-27-11-9-18(10-12-27)17-5-7-19(26)8-6-17/h5-9,13-14,23H,10-12,15-16H2,1-4H3. The lowest BCUT2D eigenvalue weighted by Crippen LogP contribution is -2.39. The topological polar surface area (TPSA) is 30.9 Å². The zero-order valence-corrected chi connectivity index (χ0v) is 19.0. The summed E-state index contributed by atoms with van der Waals surface area (Å²) in [6.07, 6.45) is 3.35. The summed E-state index contributed by atoms with van der Waals surface area (Å²) in [5.74, 6) is 1.69. The smallest absolute Gasteiger partial charge is 0.126 e. The Hall–Kier alpha value is -2.01. The molecule has 2 aliphatic rings. The zero-order chi connectivity index (χ0) is 21.3. The van der Waals surface area contributed by atoms with Crippen molar-refractivity contribution in [2.45, 2.75) is 31.8 Å². The molecule has 0 radical (unpaired) electrons. The van der Waals surface area contributed by atoms with E-state index in [1.807, 2.05) is 18.2 Å². The summed E-state index contributed by atoms with van der Waals surface area (Å²) >= 11 is 6.03. The third-order valence-corrected chi connectivity index (χ3v) is 6.42. The molecule has 0 N–H and O–H groups in total. The Morgan fingerprint density at radius 2 is 1.90 bits per heavy atom. The minimum atomic E-state index is -0.104. The number of rotatable bonds is 5. The second-order valence-electron chi connectivity index (χ2n) is 8.72. The zero-order valence-electron chi connectivity index (χ0n) is 18.2. The van der Waals surface area contributed by atoms with Crippen LogP contribution in [-0.2, 0) is 10.2 Å². The van der Waals surface area contributed by atoms with E-state index >= 15 is 0 Å². The Morgan fingerprint density at radius 3 is 2.53 bits per heavy atom. The Balaban J connectivity index is 1.54. The van der Waals surface area contributed by atoms with Crippen molar-refractivity contribution in [2.24, 2.45) is 0 Å². The number of nitrogens with zero attached hydrogens (tertiary/aromatic N) is 1. The molecule has 0 bridgehead atoms. The predicted octanol–water partition coefficient (Wildman–Crippen LogP) is 5.50. The maximum Gasteiger partial charge on any atom is 0.126 e. The van der Waals surface area contributed by atoms with Crippen molar-refractivity contribution >= 4 is 17.2 Å². The highest BCUT2D eigenvalue weighted by Gasteiger charge is 2.37. The fourth-order valence-corrected chi connectivity index (χ4v) is 4.65. The highest BCUT2D eigenvalue weighted by molar-refractivity contribution is 6.30. The van der Waals surface area contributed by atoms with Crippen LogP contribution < -0.4 is 9.47 Å². The van der Waals surface area contributed by atoms with Crippen LogP contribution in [0.1, 0.15) is 43.1 Å². The van der Waals surface area contributed by atoms with Crippen LogP contribution in [0.3, 0.4) is 0 Å². The number of halogens is 1. The van der Waals surface area contributed by atoms with Crippen LogP contribution >= 0.6 is 11.6 Å². The van der Waals surface area contributed by atoms with Crippen molar-refractivity contribution in [1.82, 2.24) is 4.90 Å². The molecule has 2 aromatic carbocycles. The average molecular weight is 428 g/mol. The van der Waals surface area contributed by atoms with Crippen LogP contribution in [-0.4, -0.2) is 45.4 Å². The summed E-state index contributed by atoms with van der Waals surface area (Å²) in [5.41, 5.74) is 4.95. The number of hydrogen-bond acceptors (Lipinski definition) is 4. The largest absolute Gasteiger partial charge is 0.497 e. The maximum atomic E-state index is 6.36. The molecule has 0 amide bonds. The molecular weight excluding hydrogens is 398 g/mol. The second-order valence-corrected chi connectivity index (χ2v) is 9.16. The molecule has 30 heavy (non-hydrogen) atoms. The van der Waals surface area contributed by atoms with E-state index in [2.05, 4.69) is 43.0 Å². The van der Waals surface area contributed by atoms with E-state index in [9.17, 15) is 0 Å². The summed E-state index contributed by atoms with van der Waals surface area (Å²) in [6.45, 7) is 7.86. The summed E-state index contributed by atoms with van der Waals surface area (Å²) in [5, 5.41) is 0.777. The van der Waals surface area contributed by atoms with Gasteiger partial charge in [0, 0.05) is 41.7 Å². The molecule has 2 aromatic rings. The third-order valence-electron chi connectivity index (χ3n) is 6.16. The highest BCUT2D eigenvalue weighted by atomic mass is 35.5. The van der Waals surface area contributed by atoms with Gasteiger partial charge in [0.1, 0.15) is 11.5 Å². The third kappa shape index (κ3) is 4.22. The fourth-order valence-electron chi connectivity index (χ4n) is 4.53. The first-order valence-electron chi connectivity index (χ1n) is 10.5. The van der Waals surface area contributed by atoms with Crippen molar-refractivity contribution in [3.8, 4) is 11.5 Å². The van der Waals surface area contributed by atoms with Crippen molar-refractivity contribution in [3.63, 3.8) is 0 Å². The van der Waals surface area contributed by atoms with Crippen LogP contribution in [0.4, 0.5) is 0 Å². The number of benzene rings is 2. The number of ether oxygens (including phenoxy) is 3. The lowest BCUT2D eigenvalue weighted by molar-refractivity contribution is -0.0125. The monoisotopic (exact) mass is 427 g/mol. The lowest BCUT2D eigenvalue weighted by Gasteiger charge is -2.40. The summed E-state index contributed by atoms with van der Waals surface area (Å²) < 4.78 is 17.6. The van der Waals surface area contributed by atoms with Gasteiger partial charge in [0.05, 0.1) is 26.9 Å². The fraction of sp³-hybridized carbons (Fsp3) is 0.440. The minimum absolute atomic E-state index is 0.00232. The number of methoxy groups -OCH3 is 2. The molecule has 4 nitrogen and oxygen atoms in total. The molecule has 0 saturated carbocycles. The van der Waals surface area contributed by atoms with Gasteiger partial charge in [0.2, 0.25) is 0 Å². The van der Waals surface area contributed by atoms with Gasteiger partial charge in [0.25, 0.3) is 0 Å². The van der Waals surface area contributed by atoms with Crippen LogP contribution in [0.2, 0.25) is 5.02 Å². The quantitative estimate of drug-likeness (QED) is 0.630. The first kappa shape index (κ1) is 21.2. The Labute approximate surface area is 184 Å². The molecule has 0 spiro atoms. The number of hydrogen-bond donors (Lipinski definition) is 0. The average Bonchev–Trinajstić information content (AvgIpc) is 2.76. The first-order chi connectivity index (χ1) is 14.4. The molecule has 5 heteroatoms. The Morgan fingerprint density at radius 1 is 1.13 bits per heavy atom. The molecule has 160 valence electrons. The molecule has 0 aliphatic carbocycles. The van der Waals surface area contributed by atoms with Crippen molar-refractivity contribution < 1.29 is 14.2 Å². The SMILES string of the molecule is COc1cc(OC)c2c(c1)C(CN1CC=C(c3ccc(Cl)cc3)CC1)OCC2(C)C. The van der Waals surface area contributed by atoms with E-state index in [1.165, 1.54) is 22.3 Å². The van der Waals surface area contributed by atoms with Gasteiger partial charge in [-0.2, -0.15) is 0 Å². The normalized spacial score (nSPS) is 21.0. The van der Waals surface area contributed by atoms with Crippen LogP contribution in [0.25, 0.3) is 5.57 Å². The highest BCUT2D eigenvalue weighted by Crippen LogP contribution is 2.45. The van der Waals surface area contributed by atoms with Crippen molar-refractivity contribution in [3.05, 3.63) is 64.2 Å². The molecule has 1 atom stereocenters. The van der Waals surface area contributed by atoms with E-state index in [1.54, 1.807) is 14.2 Å². The Bertz CT molecular complexity index is 936. The van der Waals surface area contributed by atoms with Gasteiger partial charge < -0.3 is 14.2 Å². The van der Waals surface area contributed by atoms with E-state index in [-0.39, 0.29) is 11.5 Å². The van der Waals surface area contributed by atoms with Crippen LogP contribution in [0.15, 0.2) is 42.5 Å². The molecule has 0 aromatic heterocycles. The molecule has 1 unspecified atom stereocenters. The molecule has 2 aliphatic heterocycles. The van der Waals surface area contributed by atoms with Gasteiger partial charge in [-0.05, 0) is 41.3 Å². The van der Waals surface area contributed by atoms with Crippen molar-refractivity contribution in [2.75, 3.05) is 40.5 Å². The van der Waals surface area contributed by atoms with E-state index in [4.69, 9.17) is 25.8 Å². The summed E-state index contributed by atoms with van der Waals surface area (Å²) in [6, 6.07) is 12.2. The predicted molar refractivity (Wildman–Crippen MR) is 122 cm³/mol. The number of fused-ring (bicyclic) bond motifs is 1. The van der Waals surface area contributed by atoms with Gasteiger partial charge in [-0.1, -0.05) is 43.7 Å². The molecular formula is C25H30ClNO3. The van der Waals surface area contributed by atoms with Gasteiger partial charge in [-0.25, -0.2) is 0 Å². The van der Waals surface area contributed by atoms with Gasteiger partial charge in [0.15, 0.2) is 0 Å². The maximum absolute atomic E-state index is 6.36. The summed E-state index contributed by atoms with van der Waals surface area (Å²) in [7, 11) is 3.42. The molecule has 4 rings (SSSR count). The minimum Gasteiger partial charge on any atom is -0.497 e. The van der Waals surface area contributed by atoms with Crippen molar-refractivity contribution in [1.29, 1.82) is 0 Å². The molecule has 2 heterocycles. The summed E-state index contributed by atoms with van der Waals surface area (Å²) in [4.78, 5) is 2.46. The Kier molecular flexibility index (Phi) is 6.10. The van der Waals surface area contributed by atoms with Gasteiger partial charge in [-0.15, -0.1) is 0 Å².